The van der Waals surface area contributed by atoms with Gasteiger partial charge in [0.1, 0.15) is 0 Å². The van der Waals surface area contributed by atoms with Gasteiger partial charge < -0.3 is 38.8 Å². The summed E-state index contributed by atoms with van der Waals surface area (Å²) in [6.45, 7) is 15.9. The van der Waals surface area contributed by atoms with E-state index in [9.17, 15) is 24.3 Å². The zero-order valence-electron chi connectivity index (χ0n) is 29.6. The highest BCUT2D eigenvalue weighted by Gasteiger charge is 2.61. The molecule has 0 amide bonds. The van der Waals surface area contributed by atoms with Crippen LogP contribution >= 0.6 is 11.6 Å². The van der Waals surface area contributed by atoms with E-state index in [2.05, 4.69) is 5.32 Å². The first-order valence-corrected chi connectivity index (χ1v) is 16.5. The Balaban J connectivity index is 1.75. The van der Waals surface area contributed by atoms with Gasteiger partial charge in [0.05, 0.1) is 18.9 Å². The second-order valence-electron chi connectivity index (χ2n) is 14.6. The Morgan fingerprint density at radius 3 is 1.84 bits per heavy atom. The standard InChI is InChI=1S/C36H48ClNO11/c1-21(38-20-27(39)25-11-10-12-26(37)17-25)15-24-13-14-28-29(16-24)49-36(48-28,32(42)46-22(2)44-30(40)18-34(4,5)6)33(43)47-23(3)45-31(41)19-35(7,8)9/h10-14,16-17,21-23,27,38-39H,15,18-20H2,1-9H3. The van der Waals surface area contributed by atoms with Crippen LogP contribution in [0.2, 0.25) is 5.02 Å². The van der Waals surface area contributed by atoms with Crippen LogP contribution in [0.4, 0.5) is 0 Å². The van der Waals surface area contributed by atoms with E-state index in [0.717, 1.165) is 5.56 Å². The van der Waals surface area contributed by atoms with Crippen molar-refractivity contribution in [2.75, 3.05) is 6.54 Å². The molecular formula is C36H48ClNO11. The van der Waals surface area contributed by atoms with Crippen molar-refractivity contribution in [1.82, 2.24) is 5.32 Å². The van der Waals surface area contributed by atoms with Gasteiger partial charge in [-0.1, -0.05) is 71.3 Å². The van der Waals surface area contributed by atoms with Crippen LogP contribution < -0.4 is 14.8 Å². The fraction of sp³-hybridized carbons (Fsp3) is 0.556. The molecule has 13 heteroatoms. The molecule has 12 nitrogen and oxygen atoms in total. The number of aliphatic hydroxyl groups is 1. The number of rotatable bonds is 14. The summed E-state index contributed by atoms with van der Waals surface area (Å²) in [7, 11) is 0. The lowest BCUT2D eigenvalue weighted by Gasteiger charge is -2.26. The minimum atomic E-state index is -2.79. The summed E-state index contributed by atoms with van der Waals surface area (Å²) >= 11 is 6.04. The summed E-state index contributed by atoms with van der Waals surface area (Å²) in [6, 6.07) is 11.7. The van der Waals surface area contributed by atoms with Crippen molar-refractivity contribution >= 4 is 35.5 Å². The van der Waals surface area contributed by atoms with E-state index in [1.54, 1.807) is 36.4 Å². The minimum Gasteiger partial charge on any atom is -0.431 e. The number of nitrogens with one attached hydrogen (secondary N) is 1. The van der Waals surface area contributed by atoms with Crippen molar-refractivity contribution in [2.24, 2.45) is 10.8 Å². The molecule has 0 radical (unpaired) electrons. The molecule has 49 heavy (non-hydrogen) atoms. The number of carbonyl (C=O) groups is 4. The normalized spacial score (nSPS) is 18.1. The molecule has 0 bridgehead atoms. The van der Waals surface area contributed by atoms with E-state index < -0.39 is 48.3 Å². The summed E-state index contributed by atoms with van der Waals surface area (Å²) in [5, 5.41) is 14.4. The van der Waals surface area contributed by atoms with Crippen LogP contribution in [0.5, 0.6) is 11.5 Å². The van der Waals surface area contributed by atoms with Gasteiger partial charge >= 0.3 is 29.7 Å². The van der Waals surface area contributed by atoms with E-state index in [1.807, 2.05) is 48.5 Å². The highest BCUT2D eigenvalue weighted by Crippen LogP contribution is 2.42. The first-order chi connectivity index (χ1) is 22.7. The molecule has 270 valence electrons. The van der Waals surface area contributed by atoms with E-state index in [-0.39, 0.29) is 47.8 Å². The van der Waals surface area contributed by atoms with Crippen molar-refractivity contribution in [3.8, 4) is 11.5 Å². The van der Waals surface area contributed by atoms with Crippen molar-refractivity contribution in [3.05, 3.63) is 58.6 Å². The Labute approximate surface area is 292 Å². The van der Waals surface area contributed by atoms with Gasteiger partial charge in [0.2, 0.25) is 12.6 Å². The first kappa shape index (κ1) is 39.6. The van der Waals surface area contributed by atoms with Gasteiger partial charge in [-0.3, -0.25) is 9.59 Å². The Morgan fingerprint density at radius 2 is 1.33 bits per heavy atom. The zero-order chi connectivity index (χ0) is 36.7. The number of carbonyl (C=O) groups excluding carboxylic acids is 4. The first-order valence-electron chi connectivity index (χ1n) is 16.1. The molecule has 0 aromatic heterocycles. The number of halogens is 1. The van der Waals surface area contributed by atoms with Gasteiger partial charge in [-0.2, -0.15) is 0 Å². The Hall–Kier alpha value is -3.87. The van der Waals surface area contributed by atoms with E-state index in [1.165, 1.54) is 19.9 Å². The Bertz CT molecular complexity index is 1450. The Kier molecular flexibility index (Phi) is 13.1. The largest absolute Gasteiger partial charge is 0.453 e. The fourth-order valence-corrected chi connectivity index (χ4v) is 5.02. The lowest BCUT2D eigenvalue weighted by atomic mass is 9.92. The maximum Gasteiger partial charge on any atom is 0.453 e. The zero-order valence-corrected chi connectivity index (χ0v) is 30.3. The summed E-state index contributed by atoms with van der Waals surface area (Å²) < 4.78 is 32.7. The summed E-state index contributed by atoms with van der Waals surface area (Å²) in [5.74, 6) is -6.62. The second-order valence-corrected chi connectivity index (χ2v) is 15.0. The Morgan fingerprint density at radius 1 is 0.796 bits per heavy atom. The second kappa shape index (κ2) is 16.2. The molecule has 0 spiro atoms. The molecule has 2 aromatic rings. The number of aliphatic hydroxyl groups excluding tert-OH is 1. The molecule has 1 heterocycles. The van der Waals surface area contributed by atoms with Crippen LogP contribution in [0.15, 0.2) is 42.5 Å². The predicted octanol–water partition coefficient (Wildman–Crippen LogP) is 5.80. The maximum absolute atomic E-state index is 13.6. The third kappa shape index (κ3) is 12.2. The van der Waals surface area contributed by atoms with Crippen LogP contribution in [0.1, 0.15) is 92.4 Å². The number of ether oxygens (including phenoxy) is 6. The van der Waals surface area contributed by atoms with Gasteiger partial charge in [0, 0.05) is 31.5 Å². The number of hydrogen-bond acceptors (Lipinski definition) is 12. The van der Waals surface area contributed by atoms with E-state index >= 15 is 0 Å². The minimum absolute atomic E-state index is 0.0457. The highest BCUT2D eigenvalue weighted by molar-refractivity contribution is 6.30. The van der Waals surface area contributed by atoms with Gasteiger partial charge in [0.25, 0.3) is 0 Å². The summed E-state index contributed by atoms with van der Waals surface area (Å²) in [5.41, 5.74) is 0.673. The third-order valence-electron chi connectivity index (χ3n) is 6.98. The van der Waals surface area contributed by atoms with Crippen LogP contribution in [0, 0.1) is 10.8 Å². The molecule has 1 aliphatic rings. The number of esters is 4. The molecule has 2 N–H and O–H groups in total. The number of fused-ring (bicyclic) bond motifs is 1. The topological polar surface area (TPSA) is 156 Å². The van der Waals surface area contributed by atoms with Crippen LogP contribution in [0.3, 0.4) is 0 Å². The molecule has 0 saturated heterocycles. The van der Waals surface area contributed by atoms with Crippen molar-refractivity contribution in [1.29, 1.82) is 0 Å². The van der Waals surface area contributed by atoms with Crippen molar-refractivity contribution in [3.63, 3.8) is 0 Å². The predicted molar refractivity (Wildman–Crippen MR) is 179 cm³/mol. The molecule has 1 aliphatic heterocycles. The van der Waals surface area contributed by atoms with Gasteiger partial charge in [-0.15, -0.1) is 0 Å². The lowest BCUT2D eigenvalue weighted by molar-refractivity contribution is -0.228. The third-order valence-corrected chi connectivity index (χ3v) is 7.21. The quantitative estimate of drug-likeness (QED) is 0.139. The molecular weight excluding hydrogens is 658 g/mol. The van der Waals surface area contributed by atoms with Crippen molar-refractivity contribution in [2.45, 2.75) is 112 Å². The average molecular weight is 706 g/mol. The summed E-state index contributed by atoms with van der Waals surface area (Å²) in [4.78, 5) is 51.9. The van der Waals surface area contributed by atoms with E-state index in [0.29, 0.717) is 17.0 Å². The maximum atomic E-state index is 13.6. The molecule has 4 atom stereocenters. The molecule has 0 aliphatic carbocycles. The van der Waals surface area contributed by atoms with Crippen LogP contribution in [0.25, 0.3) is 0 Å². The SMILES string of the molecule is CC(Cc1ccc2c(c1)OC(C(=O)OC(C)OC(=O)CC(C)(C)C)(C(=O)OC(C)OC(=O)CC(C)(C)C)O2)NCC(O)c1cccc(Cl)c1. The number of benzene rings is 2. The van der Waals surface area contributed by atoms with Crippen LogP contribution in [-0.4, -0.2) is 59.9 Å². The average Bonchev–Trinajstić information content (AvgIpc) is 3.34. The molecule has 2 aromatic carbocycles. The molecule has 0 fully saturated rings. The van der Waals surface area contributed by atoms with Gasteiger partial charge in [0.15, 0.2) is 11.5 Å². The van der Waals surface area contributed by atoms with Crippen LogP contribution in [-0.2, 0) is 44.5 Å². The number of hydrogen-bond donors (Lipinski definition) is 2. The van der Waals surface area contributed by atoms with Crippen molar-refractivity contribution < 1.29 is 52.7 Å². The smallest absolute Gasteiger partial charge is 0.431 e. The lowest BCUT2D eigenvalue weighted by Crippen LogP contribution is -2.57. The monoisotopic (exact) mass is 705 g/mol. The van der Waals surface area contributed by atoms with E-state index in [4.69, 9.17) is 40.0 Å². The van der Waals surface area contributed by atoms with Gasteiger partial charge in [-0.05, 0) is 59.6 Å². The summed E-state index contributed by atoms with van der Waals surface area (Å²) in [6.07, 6.45) is -3.02. The molecule has 0 saturated carbocycles. The molecule has 4 unspecified atom stereocenters. The van der Waals surface area contributed by atoms with Gasteiger partial charge in [-0.25, -0.2) is 9.59 Å². The fourth-order valence-electron chi connectivity index (χ4n) is 4.82. The molecule has 3 rings (SSSR count). The highest BCUT2D eigenvalue weighted by atomic mass is 35.5.